The van der Waals surface area contributed by atoms with Crippen LogP contribution in [0.5, 0.6) is 0 Å². The molecule has 5 heteroatoms. The largest absolute Gasteiger partial charge is 0.466 e. The topological polar surface area (TPSA) is 61.2 Å². The van der Waals surface area contributed by atoms with Crippen molar-refractivity contribution in [2.75, 3.05) is 6.61 Å². The summed E-state index contributed by atoms with van der Waals surface area (Å²) in [6, 6.07) is 8.96. The molecule has 0 atom stereocenters. The van der Waals surface area contributed by atoms with Crippen LogP contribution in [0.2, 0.25) is 0 Å². The van der Waals surface area contributed by atoms with Crippen molar-refractivity contribution in [2.45, 2.75) is 19.8 Å². The number of benzene rings is 1. The van der Waals surface area contributed by atoms with E-state index < -0.39 is 0 Å². The number of Topliss-reactive ketones (excluding diaryl/α,β-unsaturated/α-hetero) is 1. The second-order valence-electron chi connectivity index (χ2n) is 4.23. The molecule has 2 rings (SSSR count). The molecule has 1 aromatic heterocycles. The summed E-state index contributed by atoms with van der Waals surface area (Å²) in [4.78, 5) is 23.1. The third kappa shape index (κ3) is 3.54. The number of hydrogen-bond acceptors (Lipinski definition) is 4. The fraction of sp³-hybridized carbons (Fsp3) is 0.267. The van der Waals surface area contributed by atoms with Crippen LogP contribution in [0.15, 0.2) is 42.7 Å². The predicted octanol–water partition coefficient (Wildman–Crippen LogP) is 2.40. The summed E-state index contributed by atoms with van der Waals surface area (Å²) in [6.07, 6.45) is 3.81. The molecule has 2 aromatic rings. The highest BCUT2D eigenvalue weighted by Crippen LogP contribution is 2.11. The van der Waals surface area contributed by atoms with Crippen LogP contribution in [0.25, 0.3) is 5.69 Å². The monoisotopic (exact) mass is 272 g/mol. The fourth-order valence-electron chi connectivity index (χ4n) is 1.81. The molecule has 0 saturated heterocycles. The molecule has 104 valence electrons. The summed E-state index contributed by atoms with van der Waals surface area (Å²) >= 11 is 0. The van der Waals surface area contributed by atoms with E-state index in [4.69, 9.17) is 4.74 Å². The summed E-state index contributed by atoms with van der Waals surface area (Å²) in [6.45, 7) is 2.08. The van der Waals surface area contributed by atoms with Gasteiger partial charge in [0.2, 0.25) is 0 Å². The maximum Gasteiger partial charge on any atom is 0.306 e. The smallest absolute Gasteiger partial charge is 0.306 e. The van der Waals surface area contributed by atoms with Gasteiger partial charge in [-0.25, -0.2) is 4.68 Å². The van der Waals surface area contributed by atoms with Gasteiger partial charge in [-0.2, -0.15) is 5.10 Å². The third-order valence-corrected chi connectivity index (χ3v) is 2.82. The number of hydrogen-bond donors (Lipinski definition) is 0. The minimum absolute atomic E-state index is 0.0648. The molecule has 0 unspecified atom stereocenters. The maximum absolute atomic E-state index is 11.9. The van der Waals surface area contributed by atoms with Crippen molar-refractivity contribution >= 4 is 11.8 Å². The van der Waals surface area contributed by atoms with Crippen LogP contribution in [0.4, 0.5) is 0 Å². The van der Waals surface area contributed by atoms with E-state index in [9.17, 15) is 9.59 Å². The molecule has 0 spiro atoms. The van der Waals surface area contributed by atoms with Crippen molar-refractivity contribution in [3.05, 3.63) is 48.3 Å². The van der Waals surface area contributed by atoms with Crippen LogP contribution in [0, 0.1) is 0 Å². The molecule has 0 aliphatic heterocycles. The number of carbonyl (C=O) groups excluding carboxylic acids is 2. The zero-order valence-corrected chi connectivity index (χ0v) is 11.3. The van der Waals surface area contributed by atoms with Crippen molar-refractivity contribution < 1.29 is 14.3 Å². The molecule has 0 saturated carbocycles. The van der Waals surface area contributed by atoms with Crippen LogP contribution in [-0.2, 0) is 9.53 Å². The molecule has 0 N–H and O–H groups in total. The lowest BCUT2D eigenvalue weighted by molar-refractivity contribution is -0.143. The molecule has 5 nitrogen and oxygen atoms in total. The van der Waals surface area contributed by atoms with Gasteiger partial charge in [-0.1, -0.05) is 0 Å². The quantitative estimate of drug-likeness (QED) is 0.598. The van der Waals surface area contributed by atoms with Gasteiger partial charge < -0.3 is 4.74 Å². The van der Waals surface area contributed by atoms with Gasteiger partial charge in [-0.15, -0.1) is 0 Å². The van der Waals surface area contributed by atoms with E-state index in [1.54, 1.807) is 29.9 Å². The van der Waals surface area contributed by atoms with Gasteiger partial charge in [-0.05, 0) is 37.3 Å². The standard InChI is InChI=1S/C15H16N2O3/c1-2-20-15(19)9-8-14(18)12-4-6-13(7-5-12)17-11-3-10-16-17/h3-7,10-11H,2,8-9H2,1H3. The molecule has 0 aliphatic carbocycles. The van der Waals surface area contributed by atoms with Crippen molar-refractivity contribution in [1.29, 1.82) is 0 Å². The van der Waals surface area contributed by atoms with E-state index >= 15 is 0 Å². The first kappa shape index (κ1) is 14.0. The van der Waals surface area contributed by atoms with E-state index in [2.05, 4.69) is 5.10 Å². The Bertz CT molecular complexity index is 574. The first-order chi connectivity index (χ1) is 9.70. The first-order valence-corrected chi connectivity index (χ1v) is 6.49. The fourth-order valence-corrected chi connectivity index (χ4v) is 1.81. The Balaban J connectivity index is 1.96. The van der Waals surface area contributed by atoms with E-state index in [1.807, 2.05) is 24.4 Å². The molecule has 0 amide bonds. The number of ether oxygens (including phenoxy) is 1. The van der Waals surface area contributed by atoms with E-state index in [0.717, 1.165) is 5.69 Å². The van der Waals surface area contributed by atoms with Crippen LogP contribution < -0.4 is 0 Å². The molecule has 1 heterocycles. The van der Waals surface area contributed by atoms with E-state index in [0.29, 0.717) is 12.2 Å². The Morgan fingerprint density at radius 1 is 1.20 bits per heavy atom. The zero-order valence-electron chi connectivity index (χ0n) is 11.3. The SMILES string of the molecule is CCOC(=O)CCC(=O)c1ccc(-n2cccn2)cc1. The van der Waals surface area contributed by atoms with Gasteiger partial charge in [-0.3, -0.25) is 9.59 Å². The highest BCUT2D eigenvalue weighted by Gasteiger charge is 2.10. The van der Waals surface area contributed by atoms with Crippen molar-refractivity contribution in [1.82, 2.24) is 9.78 Å². The minimum Gasteiger partial charge on any atom is -0.466 e. The van der Waals surface area contributed by atoms with Crippen LogP contribution in [-0.4, -0.2) is 28.1 Å². The normalized spacial score (nSPS) is 10.2. The summed E-state index contributed by atoms with van der Waals surface area (Å²) in [5, 5.41) is 4.11. The first-order valence-electron chi connectivity index (χ1n) is 6.49. The van der Waals surface area contributed by atoms with Gasteiger partial charge in [0, 0.05) is 24.4 Å². The Kier molecular flexibility index (Phi) is 4.65. The lowest BCUT2D eigenvalue weighted by Gasteiger charge is -2.04. The van der Waals surface area contributed by atoms with Crippen LogP contribution in [0.1, 0.15) is 30.1 Å². The Hall–Kier alpha value is -2.43. The average Bonchev–Trinajstić information content (AvgIpc) is 2.99. The average molecular weight is 272 g/mol. The van der Waals surface area contributed by atoms with Gasteiger partial charge in [0.05, 0.1) is 18.7 Å². The third-order valence-electron chi connectivity index (χ3n) is 2.82. The highest BCUT2D eigenvalue weighted by atomic mass is 16.5. The predicted molar refractivity (Wildman–Crippen MR) is 73.8 cm³/mol. The van der Waals surface area contributed by atoms with Crippen LogP contribution >= 0.6 is 0 Å². The van der Waals surface area contributed by atoms with E-state index in [1.165, 1.54) is 0 Å². The van der Waals surface area contributed by atoms with Gasteiger partial charge >= 0.3 is 5.97 Å². The van der Waals surface area contributed by atoms with Crippen LogP contribution in [0.3, 0.4) is 0 Å². The molecule has 0 aliphatic rings. The molecule has 1 aromatic carbocycles. The molecule has 0 fully saturated rings. The number of rotatable bonds is 6. The second-order valence-corrected chi connectivity index (χ2v) is 4.23. The Labute approximate surface area is 117 Å². The maximum atomic E-state index is 11.9. The molecule has 20 heavy (non-hydrogen) atoms. The summed E-state index contributed by atoms with van der Waals surface area (Å²) in [7, 11) is 0. The molecular formula is C15H16N2O3. The lowest BCUT2D eigenvalue weighted by atomic mass is 10.1. The summed E-state index contributed by atoms with van der Waals surface area (Å²) in [5.74, 6) is -0.404. The highest BCUT2D eigenvalue weighted by molar-refractivity contribution is 5.97. The summed E-state index contributed by atoms with van der Waals surface area (Å²) < 4.78 is 6.51. The van der Waals surface area contributed by atoms with Crippen molar-refractivity contribution in [2.24, 2.45) is 0 Å². The van der Waals surface area contributed by atoms with Crippen molar-refractivity contribution in [3.63, 3.8) is 0 Å². The Morgan fingerprint density at radius 2 is 1.95 bits per heavy atom. The van der Waals surface area contributed by atoms with Gasteiger partial charge in [0.25, 0.3) is 0 Å². The number of carbonyl (C=O) groups is 2. The lowest BCUT2D eigenvalue weighted by Crippen LogP contribution is -2.08. The molecule has 0 radical (unpaired) electrons. The minimum atomic E-state index is -0.339. The van der Waals surface area contributed by atoms with E-state index in [-0.39, 0.29) is 24.6 Å². The van der Waals surface area contributed by atoms with Crippen molar-refractivity contribution in [3.8, 4) is 5.69 Å². The Morgan fingerprint density at radius 3 is 2.55 bits per heavy atom. The number of aromatic nitrogens is 2. The molecular weight excluding hydrogens is 256 g/mol. The zero-order chi connectivity index (χ0) is 14.4. The summed E-state index contributed by atoms with van der Waals surface area (Å²) in [5.41, 5.74) is 1.47. The number of esters is 1. The number of nitrogens with zero attached hydrogens (tertiary/aromatic N) is 2. The number of ketones is 1. The van der Waals surface area contributed by atoms with Gasteiger partial charge in [0.1, 0.15) is 0 Å². The van der Waals surface area contributed by atoms with Gasteiger partial charge in [0.15, 0.2) is 5.78 Å². The second kappa shape index (κ2) is 6.65. The molecule has 0 bridgehead atoms.